The highest BCUT2D eigenvalue weighted by molar-refractivity contribution is 5.70. The zero-order valence-corrected chi connectivity index (χ0v) is 15.8. The third kappa shape index (κ3) is 5.17. The van der Waals surface area contributed by atoms with Crippen LogP contribution in [0.2, 0.25) is 0 Å². The first-order valence-electron chi connectivity index (χ1n) is 8.66. The molecule has 1 heterocycles. The minimum atomic E-state index is -0.798. The van der Waals surface area contributed by atoms with E-state index in [1.807, 2.05) is 65.0 Å². The Kier molecular flexibility index (Phi) is 6.08. The molecule has 2 atom stereocenters. The molecule has 2 rings (SSSR count). The predicted octanol–water partition coefficient (Wildman–Crippen LogP) is 2.90. The largest absolute Gasteiger partial charge is 0.444 e. The molecule has 1 aromatic rings. The van der Waals surface area contributed by atoms with Crippen LogP contribution in [0, 0.1) is 0 Å². The maximum Gasteiger partial charge on any atom is 0.412 e. The van der Waals surface area contributed by atoms with Crippen LogP contribution < -0.4 is 5.73 Å². The van der Waals surface area contributed by atoms with Crippen LogP contribution >= 0.6 is 0 Å². The molecule has 1 aliphatic heterocycles. The second-order valence-corrected chi connectivity index (χ2v) is 7.76. The van der Waals surface area contributed by atoms with Crippen LogP contribution in [-0.2, 0) is 20.8 Å². The number of carbonyl (C=O) groups excluding carboxylic acids is 1. The van der Waals surface area contributed by atoms with Crippen LogP contribution in [0.25, 0.3) is 0 Å². The third-order valence-corrected chi connectivity index (χ3v) is 4.01. The third-order valence-electron chi connectivity index (χ3n) is 4.01. The van der Waals surface area contributed by atoms with Crippen LogP contribution in [-0.4, -0.2) is 47.6 Å². The van der Waals surface area contributed by atoms with Crippen molar-refractivity contribution in [1.82, 2.24) is 4.90 Å². The van der Waals surface area contributed by atoms with Crippen LogP contribution in [0.15, 0.2) is 30.3 Å². The Labute approximate surface area is 150 Å². The van der Waals surface area contributed by atoms with Gasteiger partial charge in [0.1, 0.15) is 17.4 Å². The lowest BCUT2D eigenvalue weighted by Gasteiger charge is -2.34. The van der Waals surface area contributed by atoms with Gasteiger partial charge in [0.15, 0.2) is 0 Å². The molecule has 0 spiro atoms. The number of benzene rings is 1. The highest BCUT2D eigenvalue weighted by Crippen LogP contribution is 2.33. The van der Waals surface area contributed by atoms with Crippen molar-refractivity contribution in [3.63, 3.8) is 0 Å². The van der Waals surface area contributed by atoms with Crippen molar-refractivity contribution in [3.8, 4) is 0 Å². The second-order valence-electron chi connectivity index (χ2n) is 7.76. The van der Waals surface area contributed by atoms with Crippen molar-refractivity contribution < 1.29 is 19.0 Å². The van der Waals surface area contributed by atoms with E-state index in [1.165, 1.54) is 0 Å². The number of rotatable bonds is 5. The van der Waals surface area contributed by atoms with Gasteiger partial charge in [-0.3, -0.25) is 4.90 Å². The Hall–Kier alpha value is -1.63. The van der Waals surface area contributed by atoms with E-state index in [2.05, 4.69) is 0 Å². The molecular weight excluding hydrogens is 320 g/mol. The monoisotopic (exact) mass is 350 g/mol. The fraction of sp³-hybridized carbons (Fsp3) is 0.632. The number of hydrogen-bond acceptors (Lipinski definition) is 5. The normalized spacial score (nSPS) is 22.9. The first kappa shape index (κ1) is 19.7. The summed E-state index contributed by atoms with van der Waals surface area (Å²) in [5.41, 5.74) is 5.65. The zero-order valence-electron chi connectivity index (χ0n) is 15.8. The molecule has 1 aromatic carbocycles. The summed E-state index contributed by atoms with van der Waals surface area (Å²) < 4.78 is 17.4. The van der Waals surface area contributed by atoms with E-state index in [0.717, 1.165) is 5.56 Å². The number of nitrogens with two attached hydrogens (primary N) is 1. The van der Waals surface area contributed by atoms with Gasteiger partial charge in [0.05, 0.1) is 19.3 Å². The molecule has 2 unspecified atom stereocenters. The van der Waals surface area contributed by atoms with Crippen LogP contribution in [0.3, 0.4) is 0 Å². The summed E-state index contributed by atoms with van der Waals surface area (Å²) in [4.78, 5) is 14.2. The number of carbonyl (C=O) groups is 1. The summed E-state index contributed by atoms with van der Waals surface area (Å²) in [5.74, 6) is 0. The summed E-state index contributed by atoms with van der Waals surface area (Å²) in [5, 5.41) is 0. The van der Waals surface area contributed by atoms with E-state index in [1.54, 1.807) is 4.90 Å². The lowest BCUT2D eigenvalue weighted by Crippen LogP contribution is -2.52. The summed E-state index contributed by atoms with van der Waals surface area (Å²) >= 11 is 0. The van der Waals surface area contributed by atoms with Gasteiger partial charge in [-0.05, 0) is 40.2 Å². The van der Waals surface area contributed by atoms with Crippen molar-refractivity contribution in [3.05, 3.63) is 35.9 Å². The number of hydrogen-bond donors (Lipinski definition) is 1. The van der Waals surface area contributed by atoms with Gasteiger partial charge in [0, 0.05) is 6.54 Å². The maximum atomic E-state index is 12.6. The molecule has 0 radical (unpaired) electrons. The molecule has 0 bridgehead atoms. The average Bonchev–Trinajstić information content (AvgIpc) is 2.76. The molecule has 6 nitrogen and oxygen atoms in total. The van der Waals surface area contributed by atoms with Gasteiger partial charge in [-0.15, -0.1) is 0 Å². The molecule has 1 amide bonds. The van der Waals surface area contributed by atoms with E-state index in [-0.39, 0.29) is 18.7 Å². The lowest BCUT2D eigenvalue weighted by atomic mass is 10.1. The van der Waals surface area contributed by atoms with E-state index < -0.39 is 17.4 Å². The smallest absolute Gasteiger partial charge is 0.412 e. The first-order chi connectivity index (χ1) is 11.6. The highest BCUT2D eigenvalue weighted by atomic mass is 16.6. The summed E-state index contributed by atoms with van der Waals surface area (Å²) in [6.45, 7) is 10.3. The molecule has 0 aromatic heterocycles. The van der Waals surface area contributed by atoms with Crippen molar-refractivity contribution in [2.75, 3.05) is 13.2 Å². The summed E-state index contributed by atoms with van der Waals surface area (Å²) in [7, 11) is 0. The van der Waals surface area contributed by atoms with Gasteiger partial charge < -0.3 is 19.9 Å². The minimum Gasteiger partial charge on any atom is -0.444 e. The first-order valence-corrected chi connectivity index (χ1v) is 8.66. The molecule has 25 heavy (non-hydrogen) atoms. The standard InChI is InChI=1S/C19H30N2O4/c1-18(2,3)25-17(22)21-15(11-20)16(24-19(21,4)5)13-23-12-14-9-7-6-8-10-14/h6-10,15-16H,11-13,20H2,1-5H3. The van der Waals surface area contributed by atoms with E-state index in [4.69, 9.17) is 19.9 Å². The Morgan fingerprint density at radius 3 is 2.48 bits per heavy atom. The molecule has 6 heteroatoms. The Morgan fingerprint density at radius 1 is 1.28 bits per heavy atom. The molecule has 1 fully saturated rings. The minimum absolute atomic E-state index is 0.280. The van der Waals surface area contributed by atoms with Crippen molar-refractivity contribution in [2.45, 2.75) is 64.7 Å². The molecule has 2 N–H and O–H groups in total. The van der Waals surface area contributed by atoms with Crippen LogP contribution in [0.1, 0.15) is 40.2 Å². The van der Waals surface area contributed by atoms with Gasteiger partial charge in [0.25, 0.3) is 0 Å². The molecule has 0 saturated carbocycles. The summed E-state index contributed by atoms with van der Waals surface area (Å²) in [6.07, 6.45) is -0.713. The Bertz CT molecular complexity index is 569. The van der Waals surface area contributed by atoms with Crippen molar-refractivity contribution in [2.24, 2.45) is 5.73 Å². The van der Waals surface area contributed by atoms with Gasteiger partial charge in [0.2, 0.25) is 0 Å². The van der Waals surface area contributed by atoms with Crippen molar-refractivity contribution >= 4 is 6.09 Å². The molecular formula is C19H30N2O4. The summed E-state index contributed by atoms with van der Waals surface area (Å²) in [6, 6.07) is 9.64. The van der Waals surface area contributed by atoms with Crippen LogP contribution in [0.4, 0.5) is 4.79 Å². The number of ether oxygens (including phenoxy) is 3. The molecule has 1 saturated heterocycles. The highest BCUT2D eigenvalue weighted by Gasteiger charge is 2.50. The van der Waals surface area contributed by atoms with Gasteiger partial charge >= 0.3 is 6.09 Å². The van der Waals surface area contributed by atoms with Crippen LogP contribution in [0.5, 0.6) is 0 Å². The van der Waals surface area contributed by atoms with E-state index >= 15 is 0 Å². The predicted molar refractivity (Wildman–Crippen MR) is 96.0 cm³/mol. The number of nitrogens with zero attached hydrogens (tertiary/aromatic N) is 1. The quantitative estimate of drug-likeness (QED) is 0.884. The van der Waals surface area contributed by atoms with Gasteiger partial charge in [-0.2, -0.15) is 0 Å². The number of amides is 1. The Morgan fingerprint density at radius 2 is 1.92 bits per heavy atom. The SMILES string of the molecule is CC(C)(C)OC(=O)N1C(CN)C(COCc2ccccc2)OC1(C)C. The molecule has 0 aliphatic carbocycles. The lowest BCUT2D eigenvalue weighted by molar-refractivity contribution is -0.0939. The molecule has 140 valence electrons. The van der Waals surface area contributed by atoms with Crippen molar-refractivity contribution in [1.29, 1.82) is 0 Å². The molecule has 1 aliphatic rings. The zero-order chi connectivity index (χ0) is 18.7. The maximum absolute atomic E-state index is 12.6. The fourth-order valence-electron chi connectivity index (χ4n) is 3.01. The topological polar surface area (TPSA) is 74.0 Å². The fourth-order valence-corrected chi connectivity index (χ4v) is 3.01. The van der Waals surface area contributed by atoms with E-state index in [0.29, 0.717) is 13.2 Å². The van der Waals surface area contributed by atoms with E-state index in [9.17, 15) is 4.79 Å². The average molecular weight is 350 g/mol. The Balaban J connectivity index is 2.01. The van der Waals surface area contributed by atoms with Gasteiger partial charge in [-0.1, -0.05) is 30.3 Å². The van der Waals surface area contributed by atoms with Gasteiger partial charge in [-0.25, -0.2) is 4.79 Å². The second kappa shape index (κ2) is 7.72.